The van der Waals surface area contributed by atoms with Gasteiger partial charge in [0.1, 0.15) is 5.69 Å². The second-order valence-corrected chi connectivity index (χ2v) is 3.47. The van der Waals surface area contributed by atoms with Gasteiger partial charge in [0.05, 0.1) is 11.9 Å². The first kappa shape index (κ1) is 8.06. The highest BCUT2D eigenvalue weighted by Gasteiger charge is 2.46. The third kappa shape index (κ3) is 1.15. The molecule has 1 heterocycles. The third-order valence-corrected chi connectivity index (χ3v) is 2.66. The lowest BCUT2D eigenvalue weighted by Gasteiger charge is -2.29. The minimum Gasteiger partial charge on any atom is -0.397 e. The molecule has 0 saturated heterocycles. The summed E-state index contributed by atoms with van der Waals surface area (Å²) in [6.45, 7) is 7.15. The molecule has 0 bridgehead atoms. The van der Waals surface area contributed by atoms with Crippen LogP contribution in [0.3, 0.4) is 0 Å². The molecule has 1 fully saturated rings. The molecular weight excluding hydrogens is 162 g/mol. The number of hydrogen-bond donors (Lipinski definition) is 1. The minimum absolute atomic E-state index is 0.326. The van der Waals surface area contributed by atoms with Crippen LogP contribution in [0.25, 0.3) is 4.85 Å². The molecule has 66 valence electrons. The predicted molar refractivity (Wildman–Crippen MR) is 50.8 cm³/mol. The number of nitrogens with two attached hydrogens (primary N) is 1. The number of rotatable bonds is 1. The molecule has 1 aliphatic rings. The number of hydrogen-bond acceptors (Lipinski definition) is 2. The van der Waals surface area contributed by atoms with Crippen molar-refractivity contribution in [2.24, 2.45) is 0 Å². The molecule has 3 heteroatoms. The first-order valence-electron chi connectivity index (χ1n) is 4.37. The molecule has 3 nitrogen and oxygen atoms in total. The highest BCUT2D eigenvalue weighted by Crippen LogP contribution is 2.44. The normalized spacial score (nSPS) is 18.7. The van der Waals surface area contributed by atoms with Gasteiger partial charge in [-0.2, -0.15) is 0 Å². The van der Waals surface area contributed by atoms with Crippen molar-refractivity contribution in [2.45, 2.75) is 24.8 Å². The highest BCUT2D eigenvalue weighted by molar-refractivity contribution is 5.37. The first-order valence-corrected chi connectivity index (χ1v) is 4.37. The Kier molecular flexibility index (Phi) is 1.70. The van der Waals surface area contributed by atoms with E-state index in [-0.39, 0.29) is 5.54 Å². The molecule has 13 heavy (non-hydrogen) atoms. The lowest BCUT2D eigenvalue weighted by Crippen LogP contribution is -2.31. The SMILES string of the molecule is [C-]#[N+]C1(c2ccc(N)cn2)CCC1. The van der Waals surface area contributed by atoms with Gasteiger partial charge in [-0.25, -0.2) is 6.57 Å². The van der Waals surface area contributed by atoms with Gasteiger partial charge in [0.2, 0.25) is 0 Å². The number of anilines is 1. The van der Waals surface area contributed by atoms with Gasteiger partial charge < -0.3 is 10.6 Å². The first-order chi connectivity index (χ1) is 6.27. The van der Waals surface area contributed by atoms with Crippen molar-refractivity contribution in [2.75, 3.05) is 5.73 Å². The average Bonchev–Trinajstić information content (AvgIpc) is 2.07. The fourth-order valence-electron chi connectivity index (χ4n) is 1.62. The van der Waals surface area contributed by atoms with E-state index in [2.05, 4.69) is 9.83 Å². The smallest absolute Gasteiger partial charge is 0.274 e. The van der Waals surface area contributed by atoms with Crippen LogP contribution in [0.15, 0.2) is 18.3 Å². The van der Waals surface area contributed by atoms with Crippen LogP contribution in [0.1, 0.15) is 25.0 Å². The number of aromatic nitrogens is 1. The molecule has 2 rings (SSSR count). The van der Waals surface area contributed by atoms with E-state index < -0.39 is 0 Å². The van der Waals surface area contributed by atoms with Crippen LogP contribution in [-0.2, 0) is 5.54 Å². The highest BCUT2D eigenvalue weighted by atomic mass is 14.9. The summed E-state index contributed by atoms with van der Waals surface area (Å²) in [5.41, 5.74) is 6.74. The van der Waals surface area contributed by atoms with Crippen molar-refractivity contribution in [3.63, 3.8) is 0 Å². The Hall–Kier alpha value is -1.56. The van der Waals surface area contributed by atoms with Crippen LogP contribution in [0, 0.1) is 6.57 Å². The van der Waals surface area contributed by atoms with E-state index in [0.29, 0.717) is 5.69 Å². The average molecular weight is 173 g/mol. The van der Waals surface area contributed by atoms with E-state index in [1.165, 1.54) is 0 Å². The van der Waals surface area contributed by atoms with Gasteiger partial charge in [-0.1, -0.05) is 0 Å². The quantitative estimate of drug-likeness (QED) is 0.660. The van der Waals surface area contributed by atoms with Crippen LogP contribution in [-0.4, -0.2) is 4.98 Å². The maximum absolute atomic E-state index is 7.15. The molecule has 0 spiro atoms. The molecule has 0 aromatic carbocycles. The molecule has 1 aliphatic carbocycles. The van der Waals surface area contributed by atoms with Gasteiger partial charge in [0.25, 0.3) is 5.54 Å². The van der Waals surface area contributed by atoms with Crippen LogP contribution in [0.5, 0.6) is 0 Å². The second kappa shape index (κ2) is 2.74. The van der Waals surface area contributed by atoms with Crippen molar-refractivity contribution in [3.8, 4) is 0 Å². The summed E-state index contributed by atoms with van der Waals surface area (Å²) in [5, 5.41) is 0. The van der Waals surface area contributed by atoms with Gasteiger partial charge in [-0.05, 0) is 18.6 Å². The summed E-state index contributed by atoms with van der Waals surface area (Å²) in [5.74, 6) is 0. The Morgan fingerprint density at radius 3 is 2.62 bits per heavy atom. The van der Waals surface area contributed by atoms with E-state index in [9.17, 15) is 0 Å². The van der Waals surface area contributed by atoms with Gasteiger partial charge >= 0.3 is 0 Å². The van der Waals surface area contributed by atoms with E-state index in [0.717, 1.165) is 25.0 Å². The number of pyridine rings is 1. The largest absolute Gasteiger partial charge is 0.397 e. The van der Waals surface area contributed by atoms with Gasteiger partial charge in [0, 0.05) is 12.8 Å². The summed E-state index contributed by atoms with van der Waals surface area (Å²) in [7, 11) is 0. The van der Waals surface area contributed by atoms with Crippen molar-refractivity contribution in [1.82, 2.24) is 4.98 Å². The summed E-state index contributed by atoms with van der Waals surface area (Å²) in [6.07, 6.45) is 4.63. The van der Waals surface area contributed by atoms with Crippen LogP contribution in [0.2, 0.25) is 0 Å². The van der Waals surface area contributed by atoms with Gasteiger partial charge in [-0.15, -0.1) is 0 Å². The zero-order valence-corrected chi connectivity index (χ0v) is 7.33. The fourth-order valence-corrected chi connectivity index (χ4v) is 1.62. The number of nitrogens with zero attached hydrogens (tertiary/aromatic N) is 2. The molecule has 0 amide bonds. The molecule has 1 aromatic rings. The van der Waals surface area contributed by atoms with Crippen molar-refractivity contribution >= 4 is 5.69 Å². The summed E-state index contributed by atoms with van der Waals surface area (Å²) < 4.78 is 0. The Labute approximate surface area is 77.4 Å². The van der Waals surface area contributed by atoms with Crippen LogP contribution < -0.4 is 5.73 Å². The second-order valence-electron chi connectivity index (χ2n) is 3.47. The van der Waals surface area contributed by atoms with Gasteiger partial charge in [0.15, 0.2) is 0 Å². The summed E-state index contributed by atoms with van der Waals surface area (Å²) >= 11 is 0. The van der Waals surface area contributed by atoms with E-state index in [1.54, 1.807) is 6.20 Å². The lowest BCUT2D eigenvalue weighted by atomic mass is 9.75. The Morgan fingerprint density at radius 1 is 1.46 bits per heavy atom. The molecule has 1 saturated carbocycles. The van der Waals surface area contributed by atoms with E-state index in [1.807, 2.05) is 12.1 Å². The Morgan fingerprint density at radius 2 is 2.23 bits per heavy atom. The predicted octanol–water partition coefficient (Wildman–Crippen LogP) is 1.96. The van der Waals surface area contributed by atoms with E-state index in [4.69, 9.17) is 12.3 Å². The lowest BCUT2D eigenvalue weighted by molar-refractivity contribution is 0.302. The monoisotopic (exact) mass is 173 g/mol. The maximum atomic E-state index is 7.15. The van der Waals surface area contributed by atoms with Crippen LogP contribution >= 0.6 is 0 Å². The zero-order chi connectivity index (χ0) is 9.31. The van der Waals surface area contributed by atoms with Crippen molar-refractivity contribution < 1.29 is 0 Å². The standard InChI is InChI=1S/C10H11N3/c1-12-10(5-2-6-10)9-4-3-8(11)7-13-9/h3-4,7H,2,5-6,11H2. The third-order valence-electron chi connectivity index (χ3n) is 2.66. The zero-order valence-electron chi connectivity index (χ0n) is 7.33. The molecule has 0 atom stereocenters. The van der Waals surface area contributed by atoms with Crippen molar-refractivity contribution in [3.05, 3.63) is 35.4 Å². The molecular formula is C10H11N3. The molecule has 1 aromatic heterocycles. The fraction of sp³-hybridized carbons (Fsp3) is 0.400. The topological polar surface area (TPSA) is 43.3 Å². The van der Waals surface area contributed by atoms with Gasteiger partial charge in [-0.3, -0.25) is 4.98 Å². The Bertz CT molecular complexity index is 343. The summed E-state index contributed by atoms with van der Waals surface area (Å²) in [6, 6.07) is 3.68. The molecule has 0 aliphatic heterocycles. The van der Waals surface area contributed by atoms with Crippen LogP contribution in [0.4, 0.5) is 5.69 Å². The maximum Gasteiger partial charge on any atom is 0.274 e. The molecule has 0 radical (unpaired) electrons. The Balaban J connectivity index is 2.35. The van der Waals surface area contributed by atoms with E-state index >= 15 is 0 Å². The molecule has 2 N–H and O–H groups in total. The minimum atomic E-state index is -0.326. The molecule has 0 unspecified atom stereocenters. The van der Waals surface area contributed by atoms with Crippen molar-refractivity contribution in [1.29, 1.82) is 0 Å². The summed E-state index contributed by atoms with van der Waals surface area (Å²) in [4.78, 5) is 7.88. The number of nitrogen functional groups attached to an aromatic ring is 1.